The number of unbranched alkanes of at least 4 members (excludes halogenated alkanes) is 1. The Balaban J connectivity index is 3.47. The summed E-state index contributed by atoms with van der Waals surface area (Å²) in [4.78, 5) is 0. The van der Waals surface area contributed by atoms with Crippen LogP contribution in [0.4, 0.5) is 0 Å². The minimum Gasteiger partial charge on any atom is -0.377 e. The van der Waals surface area contributed by atoms with Gasteiger partial charge < -0.3 is 10.1 Å². The minimum atomic E-state index is 0.339. The van der Waals surface area contributed by atoms with Crippen LogP contribution in [0.5, 0.6) is 0 Å². The molecule has 12 heavy (non-hydrogen) atoms. The average Bonchev–Trinajstić information content (AvgIpc) is 2.07. The first kappa shape index (κ1) is 11.9. The van der Waals surface area contributed by atoms with E-state index < -0.39 is 0 Å². The first-order valence-electron chi connectivity index (χ1n) is 5.05. The lowest BCUT2D eigenvalue weighted by atomic mass is 10.1. The van der Waals surface area contributed by atoms with Gasteiger partial charge in [-0.15, -0.1) is 0 Å². The molecular formula is C10H23NO. The zero-order chi connectivity index (χ0) is 9.40. The Morgan fingerprint density at radius 3 is 2.42 bits per heavy atom. The number of rotatable bonds is 7. The van der Waals surface area contributed by atoms with Gasteiger partial charge in [0, 0.05) is 12.6 Å². The molecule has 2 heteroatoms. The van der Waals surface area contributed by atoms with E-state index in [1.807, 2.05) is 7.05 Å². The summed E-state index contributed by atoms with van der Waals surface area (Å²) >= 11 is 0. The molecular weight excluding hydrogens is 150 g/mol. The number of likely N-dealkylation sites (N-methyl/N-ethyl adjacent to an activating group) is 1. The van der Waals surface area contributed by atoms with Gasteiger partial charge in [0.1, 0.15) is 0 Å². The van der Waals surface area contributed by atoms with Crippen molar-refractivity contribution in [2.45, 2.75) is 52.2 Å². The number of ether oxygens (including phenoxy) is 1. The molecule has 0 aromatic rings. The fourth-order valence-corrected chi connectivity index (χ4v) is 1.30. The first-order chi connectivity index (χ1) is 5.76. The molecule has 0 saturated carbocycles. The van der Waals surface area contributed by atoms with Crippen LogP contribution >= 0.6 is 0 Å². The molecule has 0 aromatic heterocycles. The largest absolute Gasteiger partial charge is 0.377 e. The van der Waals surface area contributed by atoms with Crippen molar-refractivity contribution >= 4 is 0 Å². The number of hydrogen-bond donors (Lipinski definition) is 1. The third kappa shape index (κ3) is 4.73. The van der Waals surface area contributed by atoms with E-state index in [9.17, 15) is 0 Å². The van der Waals surface area contributed by atoms with Crippen molar-refractivity contribution in [3.8, 4) is 0 Å². The highest BCUT2D eigenvalue weighted by molar-refractivity contribution is 4.69. The topological polar surface area (TPSA) is 21.3 Å². The van der Waals surface area contributed by atoms with Crippen molar-refractivity contribution in [3.63, 3.8) is 0 Å². The van der Waals surface area contributed by atoms with Crippen LogP contribution in [0.3, 0.4) is 0 Å². The van der Waals surface area contributed by atoms with Crippen LogP contribution in [-0.4, -0.2) is 25.8 Å². The van der Waals surface area contributed by atoms with E-state index in [4.69, 9.17) is 4.74 Å². The van der Waals surface area contributed by atoms with E-state index in [1.165, 1.54) is 12.8 Å². The van der Waals surface area contributed by atoms with Crippen LogP contribution in [0.15, 0.2) is 0 Å². The SMILES string of the molecule is CCCCOC(C)C(CC)NC. The van der Waals surface area contributed by atoms with Crippen molar-refractivity contribution in [3.05, 3.63) is 0 Å². The third-order valence-corrected chi connectivity index (χ3v) is 2.26. The molecule has 0 heterocycles. The fourth-order valence-electron chi connectivity index (χ4n) is 1.30. The molecule has 0 fully saturated rings. The predicted octanol–water partition coefficient (Wildman–Crippen LogP) is 2.19. The van der Waals surface area contributed by atoms with Gasteiger partial charge in [0.25, 0.3) is 0 Å². The van der Waals surface area contributed by atoms with Crippen LogP contribution in [0, 0.1) is 0 Å². The van der Waals surface area contributed by atoms with Gasteiger partial charge in [-0.1, -0.05) is 20.3 Å². The summed E-state index contributed by atoms with van der Waals surface area (Å²) in [6.45, 7) is 7.40. The van der Waals surface area contributed by atoms with Gasteiger partial charge in [-0.05, 0) is 26.8 Å². The Morgan fingerprint density at radius 2 is 2.00 bits per heavy atom. The zero-order valence-corrected chi connectivity index (χ0v) is 8.89. The summed E-state index contributed by atoms with van der Waals surface area (Å²) in [5, 5.41) is 3.25. The van der Waals surface area contributed by atoms with E-state index >= 15 is 0 Å². The second kappa shape index (κ2) is 7.56. The molecule has 74 valence electrons. The monoisotopic (exact) mass is 173 g/mol. The van der Waals surface area contributed by atoms with Crippen molar-refractivity contribution in [1.82, 2.24) is 5.32 Å². The van der Waals surface area contributed by atoms with E-state index in [1.54, 1.807) is 0 Å². The predicted molar refractivity (Wildman–Crippen MR) is 53.5 cm³/mol. The summed E-state index contributed by atoms with van der Waals surface area (Å²) in [6, 6.07) is 0.502. The first-order valence-corrected chi connectivity index (χ1v) is 5.05. The molecule has 0 spiro atoms. The maximum atomic E-state index is 5.66. The summed E-state index contributed by atoms with van der Waals surface area (Å²) < 4.78 is 5.66. The molecule has 0 aliphatic rings. The highest BCUT2D eigenvalue weighted by Crippen LogP contribution is 2.03. The standard InChI is InChI=1S/C10H23NO/c1-5-7-8-12-9(3)10(6-2)11-4/h9-11H,5-8H2,1-4H3. The maximum absolute atomic E-state index is 5.66. The molecule has 0 rings (SSSR count). The highest BCUT2D eigenvalue weighted by Gasteiger charge is 2.12. The Morgan fingerprint density at radius 1 is 1.33 bits per heavy atom. The minimum absolute atomic E-state index is 0.339. The molecule has 2 unspecified atom stereocenters. The Bertz CT molecular complexity index is 91.8. The van der Waals surface area contributed by atoms with Gasteiger partial charge in [-0.3, -0.25) is 0 Å². The second-order valence-corrected chi connectivity index (χ2v) is 3.23. The van der Waals surface area contributed by atoms with Gasteiger partial charge >= 0.3 is 0 Å². The number of nitrogens with one attached hydrogen (secondary N) is 1. The fraction of sp³-hybridized carbons (Fsp3) is 1.00. The van der Waals surface area contributed by atoms with Crippen molar-refractivity contribution in [1.29, 1.82) is 0 Å². The summed E-state index contributed by atoms with van der Waals surface area (Å²) in [6.07, 6.45) is 3.85. The molecule has 0 amide bonds. The van der Waals surface area contributed by atoms with E-state index in [-0.39, 0.29) is 0 Å². The van der Waals surface area contributed by atoms with E-state index in [2.05, 4.69) is 26.1 Å². The quantitative estimate of drug-likeness (QED) is 0.596. The van der Waals surface area contributed by atoms with Gasteiger partial charge in [0.05, 0.1) is 6.10 Å². The van der Waals surface area contributed by atoms with Crippen molar-refractivity contribution in [2.75, 3.05) is 13.7 Å². The molecule has 0 aromatic carbocycles. The molecule has 2 atom stereocenters. The third-order valence-electron chi connectivity index (χ3n) is 2.26. The van der Waals surface area contributed by atoms with Crippen molar-refractivity contribution in [2.24, 2.45) is 0 Å². The van der Waals surface area contributed by atoms with Gasteiger partial charge in [-0.25, -0.2) is 0 Å². The molecule has 0 bridgehead atoms. The molecule has 0 radical (unpaired) electrons. The highest BCUT2D eigenvalue weighted by atomic mass is 16.5. The van der Waals surface area contributed by atoms with E-state index in [0.29, 0.717) is 12.1 Å². The van der Waals surface area contributed by atoms with Crippen molar-refractivity contribution < 1.29 is 4.74 Å². The zero-order valence-electron chi connectivity index (χ0n) is 8.89. The van der Waals surface area contributed by atoms with E-state index in [0.717, 1.165) is 13.0 Å². The maximum Gasteiger partial charge on any atom is 0.0699 e. The smallest absolute Gasteiger partial charge is 0.0699 e. The van der Waals surface area contributed by atoms with Gasteiger partial charge in [-0.2, -0.15) is 0 Å². The van der Waals surface area contributed by atoms with Crippen LogP contribution in [-0.2, 0) is 4.74 Å². The van der Waals surface area contributed by atoms with Crippen LogP contribution < -0.4 is 5.32 Å². The molecule has 1 N–H and O–H groups in total. The normalized spacial score (nSPS) is 16.0. The summed E-state index contributed by atoms with van der Waals surface area (Å²) in [7, 11) is 1.99. The lowest BCUT2D eigenvalue weighted by Crippen LogP contribution is -2.37. The van der Waals surface area contributed by atoms with Crippen LogP contribution in [0.2, 0.25) is 0 Å². The second-order valence-electron chi connectivity index (χ2n) is 3.23. The van der Waals surface area contributed by atoms with Gasteiger partial charge in [0.2, 0.25) is 0 Å². The summed E-state index contributed by atoms with van der Waals surface area (Å²) in [5.74, 6) is 0. The Hall–Kier alpha value is -0.0800. The summed E-state index contributed by atoms with van der Waals surface area (Å²) in [5.41, 5.74) is 0. The van der Waals surface area contributed by atoms with Crippen LogP contribution in [0.25, 0.3) is 0 Å². The Kier molecular flexibility index (Phi) is 7.51. The molecule has 2 nitrogen and oxygen atoms in total. The lowest BCUT2D eigenvalue weighted by Gasteiger charge is -2.22. The molecule has 0 aliphatic heterocycles. The molecule has 0 aliphatic carbocycles. The lowest BCUT2D eigenvalue weighted by molar-refractivity contribution is 0.0382. The van der Waals surface area contributed by atoms with Gasteiger partial charge in [0.15, 0.2) is 0 Å². The molecule has 0 saturated heterocycles. The average molecular weight is 173 g/mol. The Labute approximate surface area is 76.7 Å². The van der Waals surface area contributed by atoms with Crippen LogP contribution in [0.1, 0.15) is 40.0 Å². The number of hydrogen-bond acceptors (Lipinski definition) is 2.